The molecule has 3 saturated heterocycles. The molecule has 6 unspecified atom stereocenters. The molecule has 0 aromatic rings. The molecule has 3 rings (SSSR count). The number of nitriles is 1. The van der Waals surface area contributed by atoms with E-state index < -0.39 is 65.9 Å². The Morgan fingerprint density at radius 3 is 2.36 bits per heavy atom. The summed E-state index contributed by atoms with van der Waals surface area (Å²) < 4.78 is 59.5. The molecule has 0 radical (unpaired) electrons. The van der Waals surface area contributed by atoms with Crippen LogP contribution in [0.15, 0.2) is 12.7 Å². The van der Waals surface area contributed by atoms with E-state index in [-0.39, 0.29) is 19.1 Å². The van der Waals surface area contributed by atoms with E-state index in [1.807, 2.05) is 33.8 Å². The number of hydroxylamine groups is 2. The van der Waals surface area contributed by atoms with Gasteiger partial charge in [-0.3, -0.25) is 14.4 Å². The third-order valence-corrected chi connectivity index (χ3v) is 6.44. The smallest absolute Gasteiger partial charge is 0.387 e. The lowest BCUT2D eigenvalue weighted by Gasteiger charge is -2.28. The average Bonchev–Trinajstić information content (AvgIpc) is 3.56. The molecule has 0 aromatic heterocycles. The van der Waals surface area contributed by atoms with Gasteiger partial charge in [0.1, 0.15) is 36.5 Å². The minimum Gasteiger partial charge on any atom is -0.387 e. The number of amides is 2. The van der Waals surface area contributed by atoms with Crippen molar-refractivity contribution < 1.29 is 51.7 Å². The Morgan fingerprint density at radius 2 is 1.87 bits per heavy atom. The van der Waals surface area contributed by atoms with Crippen LogP contribution in [0.1, 0.15) is 54.4 Å². The molecule has 39 heavy (non-hydrogen) atoms. The van der Waals surface area contributed by atoms with Gasteiger partial charge in [0, 0.05) is 6.42 Å². The van der Waals surface area contributed by atoms with E-state index in [1.165, 1.54) is 6.92 Å². The second-order valence-corrected chi connectivity index (χ2v) is 10.4. The van der Waals surface area contributed by atoms with E-state index >= 15 is 0 Å². The maximum atomic E-state index is 12.3. The zero-order valence-corrected chi connectivity index (χ0v) is 23.0. The molecular formula is C25H38F3N3O8. The Hall–Kier alpha value is -2.28. The molecule has 2 amide bonds. The van der Waals surface area contributed by atoms with Crippen LogP contribution in [0.3, 0.4) is 0 Å². The van der Waals surface area contributed by atoms with E-state index in [0.29, 0.717) is 13.0 Å². The van der Waals surface area contributed by atoms with Crippen LogP contribution in [-0.2, 0) is 33.4 Å². The van der Waals surface area contributed by atoms with Gasteiger partial charge in [0.15, 0.2) is 11.6 Å². The van der Waals surface area contributed by atoms with Crippen LogP contribution in [-0.4, -0.2) is 89.4 Å². The van der Waals surface area contributed by atoms with E-state index in [4.69, 9.17) is 29.0 Å². The SMILES string of the molecule is C=CC1OC(C)(C)OC1C(O)C1COC(C)(C)O1.CCC(C)[C@H](NC(=O)C(F)(F)F)C(=O)N1OCCC1C#N. The number of aliphatic hydroxyl groups excluding tert-OH is 1. The van der Waals surface area contributed by atoms with E-state index in [9.17, 15) is 27.9 Å². The molecule has 0 aromatic carbocycles. The van der Waals surface area contributed by atoms with Gasteiger partial charge in [-0.15, -0.1) is 6.58 Å². The minimum atomic E-state index is -5.08. The second kappa shape index (κ2) is 12.9. The first kappa shape index (κ1) is 32.9. The van der Waals surface area contributed by atoms with Crippen molar-refractivity contribution >= 4 is 11.8 Å². The topological polar surface area (TPSA) is 140 Å². The Kier molecular flexibility index (Phi) is 10.9. The lowest BCUT2D eigenvalue weighted by molar-refractivity contribution is -0.183. The van der Waals surface area contributed by atoms with E-state index in [2.05, 4.69) is 6.58 Å². The number of hydrogen-bond donors (Lipinski definition) is 2. The molecule has 3 aliphatic heterocycles. The number of carbonyl (C=O) groups excluding carboxylic acids is 2. The van der Waals surface area contributed by atoms with Crippen LogP contribution in [0, 0.1) is 17.2 Å². The highest BCUT2D eigenvalue weighted by molar-refractivity contribution is 5.90. The molecule has 222 valence electrons. The van der Waals surface area contributed by atoms with Gasteiger partial charge in [-0.25, -0.2) is 5.06 Å². The van der Waals surface area contributed by atoms with Crippen molar-refractivity contribution in [3.05, 3.63) is 12.7 Å². The number of carbonyl (C=O) groups is 2. The molecule has 14 heteroatoms. The summed E-state index contributed by atoms with van der Waals surface area (Å²) in [4.78, 5) is 28.3. The first-order chi connectivity index (χ1) is 18.0. The average molecular weight is 566 g/mol. The van der Waals surface area contributed by atoms with Gasteiger partial charge in [-0.2, -0.15) is 18.4 Å². The Labute approximate surface area is 226 Å². The number of hydrogen-bond acceptors (Lipinski definition) is 9. The summed E-state index contributed by atoms with van der Waals surface area (Å²) in [5.74, 6) is -4.95. The van der Waals surface area contributed by atoms with Crippen molar-refractivity contribution in [2.45, 2.75) is 109 Å². The van der Waals surface area contributed by atoms with Gasteiger partial charge >= 0.3 is 12.1 Å². The Morgan fingerprint density at radius 1 is 1.23 bits per heavy atom. The Balaban J connectivity index is 0.000000276. The predicted molar refractivity (Wildman–Crippen MR) is 129 cm³/mol. The van der Waals surface area contributed by atoms with Crippen molar-refractivity contribution in [3.8, 4) is 6.07 Å². The standard InChI is InChI=1S/C13H22O5.C12H16F3N3O3/c1-6-8-11(18-13(4,5)16-8)10(14)9-7-15-12(2,3)17-9;1-3-7(2)9(17-11(20)12(13,14)15)10(19)18-8(6-16)4-5-21-18/h6,8-11,14H,1,7H2,2-5H3;7-9H,3-5H2,1-2H3,(H,17,20)/t;7?,8?,9-/m.0/s1. The normalized spacial score (nSPS) is 29.9. The summed E-state index contributed by atoms with van der Waals surface area (Å²) in [6.45, 7) is 14.7. The summed E-state index contributed by atoms with van der Waals surface area (Å²) in [7, 11) is 0. The number of aliphatic hydroxyl groups is 1. The minimum absolute atomic E-state index is 0.129. The van der Waals surface area contributed by atoms with Gasteiger partial charge in [0.05, 0.1) is 19.3 Å². The zero-order valence-electron chi connectivity index (χ0n) is 23.0. The summed E-state index contributed by atoms with van der Waals surface area (Å²) in [6.07, 6.45) is -4.83. The van der Waals surface area contributed by atoms with Gasteiger partial charge in [-0.1, -0.05) is 26.3 Å². The van der Waals surface area contributed by atoms with Crippen LogP contribution >= 0.6 is 0 Å². The molecule has 0 aliphatic carbocycles. The van der Waals surface area contributed by atoms with Crippen molar-refractivity contribution in [2.24, 2.45) is 5.92 Å². The van der Waals surface area contributed by atoms with Crippen LogP contribution in [0.5, 0.6) is 0 Å². The summed E-state index contributed by atoms with van der Waals surface area (Å²) in [5, 5.41) is 21.7. The van der Waals surface area contributed by atoms with Crippen LogP contribution in [0.4, 0.5) is 13.2 Å². The fourth-order valence-corrected chi connectivity index (χ4v) is 4.21. The maximum absolute atomic E-state index is 12.3. The van der Waals surface area contributed by atoms with Gasteiger partial charge < -0.3 is 29.4 Å². The quantitative estimate of drug-likeness (QED) is 0.445. The molecule has 0 saturated carbocycles. The maximum Gasteiger partial charge on any atom is 0.471 e. The molecule has 11 nitrogen and oxygen atoms in total. The largest absolute Gasteiger partial charge is 0.471 e. The molecule has 7 atom stereocenters. The van der Waals surface area contributed by atoms with Gasteiger partial charge in [0.2, 0.25) is 0 Å². The van der Waals surface area contributed by atoms with Crippen molar-refractivity contribution in [2.75, 3.05) is 13.2 Å². The third-order valence-electron chi connectivity index (χ3n) is 6.44. The molecule has 0 bridgehead atoms. The number of ether oxygens (including phenoxy) is 4. The summed E-state index contributed by atoms with van der Waals surface area (Å²) in [6, 6.07) is -0.410. The second-order valence-electron chi connectivity index (χ2n) is 10.4. The highest BCUT2D eigenvalue weighted by Gasteiger charge is 2.49. The van der Waals surface area contributed by atoms with Crippen LogP contribution in [0.2, 0.25) is 0 Å². The number of halogens is 3. The molecule has 0 spiro atoms. The fraction of sp³-hybridized carbons (Fsp3) is 0.800. The molecule has 2 N–H and O–H groups in total. The molecule has 3 fully saturated rings. The first-order valence-corrected chi connectivity index (χ1v) is 12.7. The molecule has 3 aliphatic rings. The van der Waals surface area contributed by atoms with Crippen molar-refractivity contribution in [1.82, 2.24) is 10.4 Å². The predicted octanol–water partition coefficient (Wildman–Crippen LogP) is 2.34. The summed E-state index contributed by atoms with van der Waals surface area (Å²) in [5.41, 5.74) is 0. The highest BCUT2D eigenvalue weighted by atomic mass is 19.4. The van der Waals surface area contributed by atoms with Crippen molar-refractivity contribution in [3.63, 3.8) is 0 Å². The Bertz CT molecular complexity index is 923. The third kappa shape index (κ3) is 8.60. The van der Waals surface area contributed by atoms with Gasteiger partial charge in [0.25, 0.3) is 5.91 Å². The number of nitrogens with zero attached hydrogens (tertiary/aromatic N) is 2. The molecule has 3 heterocycles. The van der Waals surface area contributed by atoms with E-state index in [0.717, 1.165) is 5.06 Å². The van der Waals surface area contributed by atoms with Crippen molar-refractivity contribution in [1.29, 1.82) is 5.26 Å². The highest BCUT2D eigenvalue weighted by Crippen LogP contribution is 2.34. The first-order valence-electron chi connectivity index (χ1n) is 12.7. The number of alkyl halides is 3. The van der Waals surface area contributed by atoms with E-state index in [1.54, 1.807) is 18.3 Å². The fourth-order valence-electron chi connectivity index (χ4n) is 4.21. The number of nitrogens with one attached hydrogen (secondary N) is 1. The van der Waals surface area contributed by atoms with Crippen LogP contribution in [0.25, 0.3) is 0 Å². The monoisotopic (exact) mass is 565 g/mol. The lowest BCUT2D eigenvalue weighted by Crippen LogP contribution is -2.54. The van der Waals surface area contributed by atoms with Gasteiger partial charge in [-0.05, 0) is 33.6 Å². The lowest BCUT2D eigenvalue weighted by atomic mass is 9.97. The van der Waals surface area contributed by atoms with Crippen LogP contribution < -0.4 is 5.32 Å². The summed E-state index contributed by atoms with van der Waals surface area (Å²) >= 11 is 0. The zero-order chi connectivity index (χ0) is 29.8. The molecular weight excluding hydrogens is 527 g/mol. The number of rotatable bonds is 7.